The number of carboxylic acid groups (broad SMARTS) is 2. The number of nitrogens with two attached hydrogens (primary N) is 3. The number of esters is 1. The molecule has 0 aliphatic rings. The number of sulfone groups is 1. The summed E-state index contributed by atoms with van der Waals surface area (Å²) in [5.74, 6) is -6.77. The van der Waals surface area contributed by atoms with Gasteiger partial charge in [0.25, 0.3) is 0 Å². The van der Waals surface area contributed by atoms with Crippen molar-refractivity contribution in [3.63, 3.8) is 0 Å². The lowest BCUT2D eigenvalue weighted by Gasteiger charge is -2.21. The lowest BCUT2D eigenvalue weighted by Crippen LogP contribution is -2.23. The summed E-state index contributed by atoms with van der Waals surface area (Å²) in [4.78, 5) is 46.5. The summed E-state index contributed by atoms with van der Waals surface area (Å²) < 4.78 is 97.4. The normalized spacial score (nSPS) is 11.1. The summed E-state index contributed by atoms with van der Waals surface area (Å²) in [7, 11) is -3.11. The van der Waals surface area contributed by atoms with Crippen LogP contribution in [0.25, 0.3) is 11.1 Å². The van der Waals surface area contributed by atoms with Crippen LogP contribution in [0.2, 0.25) is 0 Å². The first-order chi connectivity index (χ1) is 25.3. The molecule has 3 aromatic rings. The Hall–Kier alpha value is -5.01. The number of methoxy groups -OCH3 is 1. The van der Waals surface area contributed by atoms with Crippen LogP contribution in [0.4, 0.5) is 37.7 Å². The van der Waals surface area contributed by atoms with Gasteiger partial charge in [0.05, 0.1) is 44.6 Å². The largest absolute Gasteiger partial charge is 0.490 e. The summed E-state index contributed by atoms with van der Waals surface area (Å²) in [6.07, 6.45) is -8.33. The number of hydrogen-bond donors (Lipinski definition) is 7. The number of nitrogens with one attached hydrogen (secondary N) is 2. The Morgan fingerprint density at radius 3 is 1.95 bits per heavy atom. The molecule has 0 atom stereocenters. The summed E-state index contributed by atoms with van der Waals surface area (Å²) >= 11 is 3.46. The predicted octanol–water partition coefficient (Wildman–Crippen LogP) is 4.97. The van der Waals surface area contributed by atoms with E-state index in [9.17, 15) is 44.3 Å². The lowest BCUT2D eigenvalue weighted by molar-refractivity contribution is -0.193. The number of rotatable bonds is 12. The molecule has 2 aromatic carbocycles. The van der Waals surface area contributed by atoms with Gasteiger partial charge in [0, 0.05) is 11.3 Å². The van der Waals surface area contributed by atoms with E-state index in [1.165, 1.54) is 36.7 Å². The van der Waals surface area contributed by atoms with Gasteiger partial charge in [0.1, 0.15) is 10.7 Å². The van der Waals surface area contributed by atoms with Crippen molar-refractivity contribution in [2.75, 3.05) is 30.2 Å². The number of aliphatic imine (C=N–C) groups is 1. The van der Waals surface area contributed by atoms with Gasteiger partial charge < -0.3 is 37.5 Å². The van der Waals surface area contributed by atoms with Crippen LogP contribution in [0.3, 0.4) is 0 Å². The zero-order valence-electron chi connectivity index (χ0n) is 28.5. The quantitative estimate of drug-likeness (QED) is 0.0316. The third kappa shape index (κ3) is 14.6. The highest BCUT2D eigenvalue weighted by molar-refractivity contribution is 8.01. The standard InChI is InChI=1S/C26H30N6O5S4.2C2HF3O2/c1-14-11-16(31-26(29)30)23(41(35,36)18-12-17(24(27)28)40-25(18)38-3)22(21(14)15-7-5-4-6-8-15)32-19(33)13-39-10-9-20(34)37-2;2*3-2(4,5)1(6)7/h4-8,11-12H,9-10,13H2,1-3H3,(H3,27,28)(H,32,33)(H4,29,30,31);2*(H,6,7). The molecule has 1 aromatic heterocycles. The van der Waals surface area contributed by atoms with Gasteiger partial charge in [0.2, 0.25) is 15.7 Å². The van der Waals surface area contributed by atoms with Crippen LogP contribution >= 0.6 is 34.9 Å². The van der Waals surface area contributed by atoms with Crippen molar-refractivity contribution in [1.82, 2.24) is 0 Å². The van der Waals surface area contributed by atoms with Gasteiger partial charge in [-0.05, 0) is 36.4 Å². The Kier molecular flexibility index (Phi) is 18.0. The molecular weight excluding hydrogens is 831 g/mol. The lowest BCUT2D eigenvalue weighted by atomic mass is 9.97. The molecule has 10 N–H and O–H groups in total. The molecule has 0 radical (unpaired) electrons. The third-order valence-electron chi connectivity index (χ3n) is 6.11. The minimum Gasteiger partial charge on any atom is -0.475 e. The van der Waals surface area contributed by atoms with Crippen LogP contribution < -0.4 is 22.5 Å². The maximum atomic E-state index is 14.4. The second kappa shape index (κ2) is 20.6. The number of carboxylic acids is 2. The van der Waals surface area contributed by atoms with Crippen molar-refractivity contribution >= 4 is 91.7 Å². The minimum absolute atomic E-state index is 0.0115. The zero-order valence-corrected chi connectivity index (χ0v) is 31.8. The van der Waals surface area contributed by atoms with Gasteiger partial charge in [0.15, 0.2) is 5.96 Å². The van der Waals surface area contributed by atoms with E-state index in [2.05, 4.69) is 15.0 Å². The fraction of sp³-hybridized carbons (Fsp3) is 0.267. The topological polar surface area (TPSA) is 278 Å². The molecule has 0 saturated carbocycles. The predicted molar refractivity (Wildman–Crippen MR) is 195 cm³/mol. The van der Waals surface area contributed by atoms with Gasteiger partial charge in [-0.2, -0.15) is 38.1 Å². The first-order valence-electron chi connectivity index (χ1n) is 14.4. The summed E-state index contributed by atoms with van der Waals surface area (Å²) in [5, 5.41) is 24.9. The highest BCUT2D eigenvalue weighted by Gasteiger charge is 2.39. The maximum Gasteiger partial charge on any atom is 0.490 e. The number of thioether (sulfide) groups is 2. The molecule has 302 valence electrons. The summed E-state index contributed by atoms with van der Waals surface area (Å²) in [5.41, 5.74) is 18.8. The maximum absolute atomic E-state index is 14.4. The smallest absolute Gasteiger partial charge is 0.475 e. The first kappa shape index (κ1) is 48.0. The molecular formula is C30H32F6N6O9S4. The van der Waals surface area contributed by atoms with Gasteiger partial charge in [-0.3, -0.25) is 15.0 Å². The fourth-order valence-corrected chi connectivity index (χ4v) is 8.74. The number of alkyl halides is 6. The molecule has 3 rings (SSSR count). The number of anilines is 1. The molecule has 1 amide bonds. The number of aryl methyl sites for hydroxylation is 1. The number of ether oxygens (including phenoxy) is 1. The molecule has 0 fully saturated rings. The molecule has 0 aliphatic carbocycles. The monoisotopic (exact) mass is 862 g/mol. The zero-order chi connectivity index (χ0) is 42.5. The van der Waals surface area contributed by atoms with Gasteiger partial charge in [-0.1, -0.05) is 30.3 Å². The van der Waals surface area contributed by atoms with Crippen molar-refractivity contribution in [1.29, 1.82) is 5.41 Å². The SMILES string of the molecule is COC(=O)CCSCC(=O)Nc1c(-c2ccccc2)c(C)cc(N=C(N)N)c1S(=O)(=O)c1cc(C(=N)N)sc1SC.O=C(O)C(F)(F)F.O=C(O)C(F)(F)F. The average molecular weight is 863 g/mol. The average Bonchev–Trinajstić information content (AvgIpc) is 3.53. The summed E-state index contributed by atoms with van der Waals surface area (Å²) in [6, 6.07) is 11.9. The number of hydrogen-bond acceptors (Lipinski definition) is 12. The van der Waals surface area contributed by atoms with Crippen molar-refractivity contribution in [2.24, 2.45) is 22.2 Å². The highest BCUT2D eigenvalue weighted by Crippen LogP contribution is 2.47. The van der Waals surface area contributed by atoms with Gasteiger partial charge >= 0.3 is 30.3 Å². The van der Waals surface area contributed by atoms with Crippen LogP contribution in [0.5, 0.6) is 0 Å². The van der Waals surface area contributed by atoms with Crippen LogP contribution in [-0.2, 0) is 33.8 Å². The Morgan fingerprint density at radius 1 is 0.982 bits per heavy atom. The first-order valence-corrected chi connectivity index (χ1v) is 19.1. The number of nitrogens with zero attached hydrogens (tertiary/aromatic N) is 1. The molecule has 0 spiro atoms. The Labute approximate surface area is 321 Å². The van der Waals surface area contributed by atoms with Gasteiger partial charge in [-0.15, -0.1) is 23.1 Å². The second-order valence-electron chi connectivity index (χ2n) is 10.1. The van der Waals surface area contributed by atoms with Crippen LogP contribution in [0.15, 0.2) is 61.5 Å². The van der Waals surface area contributed by atoms with E-state index in [0.717, 1.165) is 11.3 Å². The van der Waals surface area contributed by atoms with E-state index in [1.807, 2.05) is 6.07 Å². The van der Waals surface area contributed by atoms with Crippen LogP contribution in [0, 0.1) is 12.3 Å². The van der Waals surface area contributed by atoms with Crippen molar-refractivity contribution in [3.05, 3.63) is 52.9 Å². The number of benzene rings is 2. The number of carbonyl (C=O) groups excluding carboxylic acids is 2. The minimum atomic E-state index is -5.08. The molecule has 15 nitrogen and oxygen atoms in total. The number of nitrogen functional groups attached to an aromatic ring is 1. The summed E-state index contributed by atoms with van der Waals surface area (Å²) in [6.45, 7) is 1.76. The molecule has 0 unspecified atom stereocenters. The molecule has 0 aliphatic heterocycles. The second-order valence-corrected chi connectivity index (χ2v) is 15.2. The van der Waals surface area contributed by atoms with Crippen LogP contribution in [-0.4, -0.2) is 91.5 Å². The van der Waals surface area contributed by atoms with E-state index in [4.69, 9.17) is 42.4 Å². The number of amides is 1. The van der Waals surface area contributed by atoms with Crippen LogP contribution in [0.1, 0.15) is 16.9 Å². The van der Waals surface area contributed by atoms with Crippen molar-refractivity contribution < 1.29 is 68.9 Å². The van der Waals surface area contributed by atoms with E-state index in [1.54, 1.807) is 43.5 Å². The van der Waals surface area contributed by atoms with Crippen molar-refractivity contribution in [2.45, 2.75) is 39.7 Å². The number of thiophene rings is 1. The third-order valence-corrected chi connectivity index (χ3v) is 11.5. The van der Waals surface area contributed by atoms with Gasteiger partial charge in [-0.25, -0.2) is 23.0 Å². The van der Waals surface area contributed by atoms with Crippen molar-refractivity contribution in [3.8, 4) is 11.1 Å². The Balaban J connectivity index is 0.000000913. The van der Waals surface area contributed by atoms with E-state index < -0.39 is 46.0 Å². The Morgan fingerprint density at radius 2 is 1.51 bits per heavy atom. The number of aliphatic carboxylic acids is 2. The van der Waals surface area contributed by atoms with E-state index in [-0.39, 0.29) is 50.0 Å². The molecule has 0 bridgehead atoms. The fourth-order valence-electron chi connectivity index (χ4n) is 3.90. The number of carbonyl (C=O) groups is 4. The number of amidine groups is 1. The molecule has 0 saturated heterocycles. The number of halogens is 6. The van der Waals surface area contributed by atoms with E-state index >= 15 is 0 Å². The highest BCUT2D eigenvalue weighted by atomic mass is 32.2. The molecule has 55 heavy (non-hydrogen) atoms. The molecule has 25 heteroatoms. The molecule has 1 heterocycles. The van der Waals surface area contributed by atoms with E-state index in [0.29, 0.717) is 26.7 Å². The Bertz CT molecular complexity index is 2000. The number of guanidine groups is 1.